The van der Waals surface area contributed by atoms with Crippen LogP contribution >= 0.6 is 0 Å². The Balaban J connectivity index is 2.91. The molecule has 0 aliphatic carbocycles. The van der Waals surface area contributed by atoms with Crippen molar-refractivity contribution < 1.29 is 23.8 Å². The SMILES string of the molecule is CCCC[C@H](NC(=O)c1c(F)cccc1OC)C(=O)O. The van der Waals surface area contributed by atoms with E-state index < -0.39 is 23.7 Å². The van der Waals surface area contributed by atoms with Crippen LogP contribution in [0.2, 0.25) is 0 Å². The van der Waals surface area contributed by atoms with Crippen LogP contribution in [-0.4, -0.2) is 30.1 Å². The summed E-state index contributed by atoms with van der Waals surface area (Å²) in [6.07, 6.45) is 1.77. The molecule has 1 atom stereocenters. The lowest BCUT2D eigenvalue weighted by atomic mass is 10.1. The van der Waals surface area contributed by atoms with Crippen molar-refractivity contribution in [1.29, 1.82) is 0 Å². The minimum Gasteiger partial charge on any atom is -0.496 e. The number of halogens is 1. The first-order valence-corrected chi connectivity index (χ1v) is 6.37. The Hall–Kier alpha value is -2.11. The number of carbonyl (C=O) groups is 2. The van der Waals surface area contributed by atoms with E-state index in [1.165, 1.54) is 19.2 Å². The van der Waals surface area contributed by atoms with Crippen molar-refractivity contribution in [3.8, 4) is 5.75 Å². The maximum absolute atomic E-state index is 13.7. The van der Waals surface area contributed by atoms with Crippen LogP contribution in [-0.2, 0) is 4.79 Å². The molecular formula is C14H18FNO4. The maximum atomic E-state index is 13.7. The number of carboxylic acid groups (broad SMARTS) is 1. The number of methoxy groups -OCH3 is 1. The molecule has 0 unspecified atom stereocenters. The van der Waals surface area contributed by atoms with Crippen molar-refractivity contribution in [3.63, 3.8) is 0 Å². The fraction of sp³-hybridized carbons (Fsp3) is 0.429. The van der Waals surface area contributed by atoms with Gasteiger partial charge in [-0.1, -0.05) is 25.8 Å². The number of hydrogen-bond donors (Lipinski definition) is 2. The van der Waals surface area contributed by atoms with Gasteiger partial charge in [0.05, 0.1) is 7.11 Å². The van der Waals surface area contributed by atoms with E-state index in [9.17, 15) is 14.0 Å². The van der Waals surface area contributed by atoms with Crippen LogP contribution in [0.15, 0.2) is 18.2 Å². The van der Waals surface area contributed by atoms with Crippen LogP contribution < -0.4 is 10.1 Å². The van der Waals surface area contributed by atoms with E-state index in [4.69, 9.17) is 9.84 Å². The van der Waals surface area contributed by atoms with Gasteiger partial charge in [0, 0.05) is 0 Å². The fourth-order valence-corrected chi connectivity index (χ4v) is 1.79. The van der Waals surface area contributed by atoms with Gasteiger partial charge in [-0.3, -0.25) is 4.79 Å². The van der Waals surface area contributed by atoms with Crippen molar-refractivity contribution in [2.75, 3.05) is 7.11 Å². The highest BCUT2D eigenvalue weighted by atomic mass is 19.1. The van der Waals surface area contributed by atoms with Crippen LogP contribution in [0, 0.1) is 5.82 Å². The minimum absolute atomic E-state index is 0.0714. The summed E-state index contributed by atoms with van der Waals surface area (Å²) in [6.45, 7) is 1.92. The molecule has 1 amide bonds. The molecule has 2 N–H and O–H groups in total. The van der Waals surface area contributed by atoms with E-state index in [0.29, 0.717) is 12.8 Å². The van der Waals surface area contributed by atoms with Gasteiger partial charge in [0.1, 0.15) is 23.2 Å². The summed E-state index contributed by atoms with van der Waals surface area (Å²) in [4.78, 5) is 23.1. The predicted molar refractivity (Wildman–Crippen MR) is 71.4 cm³/mol. The Morgan fingerprint density at radius 2 is 2.15 bits per heavy atom. The molecule has 0 heterocycles. The molecule has 0 spiro atoms. The predicted octanol–water partition coefficient (Wildman–Crippen LogP) is 2.21. The standard InChI is InChI=1S/C14H18FNO4/c1-3-4-7-10(14(18)19)16-13(17)12-9(15)6-5-8-11(12)20-2/h5-6,8,10H,3-4,7H2,1-2H3,(H,16,17)(H,18,19)/t10-/m0/s1. The normalized spacial score (nSPS) is 11.8. The quantitative estimate of drug-likeness (QED) is 0.804. The molecule has 0 radical (unpaired) electrons. The second kappa shape index (κ2) is 7.47. The zero-order valence-electron chi connectivity index (χ0n) is 11.5. The van der Waals surface area contributed by atoms with Crippen molar-refractivity contribution >= 4 is 11.9 Å². The number of rotatable bonds is 7. The highest BCUT2D eigenvalue weighted by molar-refractivity contribution is 5.99. The van der Waals surface area contributed by atoms with Gasteiger partial charge in [0.2, 0.25) is 0 Å². The molecule has 5 nitrogen and oxygen atoms in total. The van der Waals surface area contributed by atoms with Crippen LogP contribution in [0.3, 0.4) is 0 Å². The van der Waals surface area contributed by atoms with Gasteiger partial charge in [0.15, 0.2) is 0 Å². The van der Waals surface area contributed by atoms with Gasteiger partial charge in [-0.2, -0.15) is 0 Å². The number of amides is 1. The van der Waals surface area contributed by atoms with Crippen LogP contribution in [0.5, 0.6) is 5.75 Å². The summed E-state index contributed by atoms with van der Waals surface area (Å²) in [5, 5.41) is 11.4. The average Bonchev–Trinajstić information content (AvgIpc) is 2.42. The Morgan fingerprint density at radius 3 is 2.70 bits per heavy atom. The molecule has 6 heteroatoms. The molecule has 1 aromatic rings. The van der Waals surface area contributed by atoms with E-state index in [1.807, 2.05) is 6.92 Å². The number of hydrogen-bond acceptors (Lipinski definition) is 3. The van der Waals surface area contributed by atoms with Gasteiger partial charge in [-0.15, -0.1) is 0 Å². The summed E-state index contributed by atoms with van der Waals surface area (Å²) in [7, 11) is 1.32. The zero-order chi connectivity index (χ0) is 15.1. The molecule has 0 aromatic heterocycles. The maximum Gasteiger partial charge on any atom is 0.326 e. The van der Waals surface area contributed by atoms with E-state index in [1.54, 1.807) is 0 Å². The lowest BCUT2D eigenvalue weighted by Gasteiger charge is -2.15. The van der Waals surface area contributed by atoms with Gasteiger partial charge in [0.25, 0.3) is 5.91 Å². The number of benzene rings is 1. The number of carbonyl (C=O) groups excluding carboxylic acids is 1. The van der Waals surface area contributed by atoms with Gasteiger partial charge in [-0.25, -0.2) is 9.18 Å². The number of nitrogens with one attached hydrogen (secondary N) is 1. The molecule has 0 fully saturated rings. The van der Waals surface area contributed by atoms with Crippen molar-refractivity contribution in [3.05, 3.63) is 29.6 Å². The molecule has 1 rings (SSSR count). The first-order chi connectivity index (χ1) is 9.51. The average molecular weight is 283 g/mol. The highest BCUT2D eigenvalue weighted by Crippen LogP contribution is 2.21. The van der Waals surface area contributed by atoms with Gasteiger partial charge >= 0.3 is 5.97 Å². The van der Waals surface area contributed by atoms with Gasteiger partial charge in [-0.05, 0) is 18.6 Å². The van der Waals surface area contributed by atoms with Crippen LogP contribution in [0.25, 0.3) is 0 Å². The number of carboxylic acids is 1. The Labute approximate surface area is 116 Å². The number of ether oxygens (including phenoxy) is 1. The molecule has 110 valence electrons. The summed E-state index contributed by atoms with van der Waals surface area (Å²) in [5.41, 5.74) is -0.280. The first-order valence-electron chi connectivity index (χ1n) is 6.37. The second-order valence-electron chi connectivity index (χ2n) is 4.32. The third kappa shape index (κ3) is 3.94. The van der Waals surface area contributed by atoms with Gasteiger partial charge < -0.3 is 15.2 Å². The zero-order valence-corrected chi connectivity index (χ0v) is 11.5. The Kier molecular flexibility index (Phi) is 5.96. The lowest BCUT2D eigenvalue weighted by Crippen LogP contribution is -2.41. The largest absolute Gasteiger partial charge is 0.496 e. The third-order valence-electron chi connectivity index (χ3n) is 2.87. The van der Waals surface area contributed by atoms with E-state index in [0.717, 1.165) is 12.5 Å². The Bertz CT molecular complexity index is 490. The molecule has 20 heavy (non-hydrogen) atoms. The molecule has 0 aliphatic heterocycles. The lowest BCUT2D eigenvalue weighted by molar-refractivity contribution is -0.139. The summed E-state index contributed by atoms with van der Waals surface area (Å²) >= 11 is 0. The van der Waals surface area contributed by atoms with E-state index >= 15 is 0 Å². The van der Waals surface area contributed by atoms with Crippen molar-refractivity contribution in [2.45, 2.75) is 32.2 Å². The molecular weight excluding hydrogens is 265 g/mol. The van der Waals surface area contributed by atoms with Crippen molar-refractivity contribution in [2.24, 2.45) is 0 Å². The first kappa shape index (κ1) is 15.9. The van der Waals surface area contributed by atoms with Crippen LogP contribution in [0.4, 0.5) is 4.39 Å². The van der Waals surface area contributed by atoms with E-state index in [-0.39, 0.29) is 11.3 Å². The number of aliphatic carboxylic acids is 1. The highest BCUT2D eigenvalue weighted by Gasteiger charge is 2.24. The molecule has 0 saturated carbocycles. The summed E-state index contributed by atoms with van der Waals surface area (Å²) in [6, 6.07) is 2.95. The number of unbranched alkanes of at least 4 members (excludes halogenated alkanes) is 1. The molecule has 1 aromatic carbocycles. The molecule has 0 aliphatic rings. The molecule has 0 saturated heterocycles. The smallest absolute Gasteiger partial charge is 0.326 e. The minimum atomic E-state index is -1.14. The molecule has 0 bridgehead atoms. The fourth-order valence-electron chi connectivity index (χ4n) is 1.79. The Morgan fingerprint density at radius 1 is 1.45 bits per heavy atom. The third-order valence-corrected chi connectivity index (χ3v) is 2.87. The second-order valence-corrected chi connectivity index (χ2v) is 4.32. The monoisotopic (exact) mass is 283 g/mol. The van der Waals surface area contributed by atoms with E-state index in [2.05, 4.69) is 5.32 Å². The van der Waals surface area contributed by atoms with Crippen LogP contribution in [0.1, 0.15) is 36.5 Å². The summed E-state index contributed by atoms with van der Waals surface area (Å²) in [5.74, 6) is -2.60. The summed E-state index contributed by atoms with van der Waals surface area (Å²) < 4.78 is 18.6. The topological polar surface area (TPSA) is 75.6 Å². The van der Waals surface area contributed by atoms with Crippen molar-refractivity contribution in [1.82, 2.24) is 5.32 Å².